The molecule has 1 unspecified atom stereocenters. The van der Waals surface area contributed by atoms with Gasteiger partial charge in [-0.2, -0.15) is 21.9 Å². The van der Waals surface area contributed by atoms with E-state index in [2.05, 4.69) is 219 Å². The average molecular weight is 681 g/mol. The second kappa shape index (κ2) is 16.6. The molecule has 0 aliphatic rings. The molecule has 0 aliphatic carbocycles. The second-order valence-electron chi connectivity index (χ2n) is 13.4. The number of benzene rings is 7. The van der Waals surface area contributed by atoms with E-state index in [1.54, 1.807) is 6.08 Å². The summed E-state index contributed by atoms with van der Waals surface area (Å²) in [6.07, 6.45) is 2.00. The first-order chi connectivity index (χ1) is 25.0. The van der Waals surface area contributed by atoms with Crippen LogP contribution in [0.2, 0.25) is 0 Å². The maximum absolute atomic E-state index is 10.6. The van der Waals surface area contributed by atoms with Crippen LogP contribution in [0, 0.1) is 0 Å². The van der Waals surface area contributed by atoms with Crippen LogP contribution in [0.3, 0.4) is 0 Å². The molecule has 0 spiro atoms. The maximum atomic E-state index is 10.6. The largest absolute Gasteiger partial charge is 0.386 e. The van der Waals surface area contributed by atoms with Crippen molar-refractivity contribution in [3.8, 4) is 0 Å². The highest BCUT2D eigenvalue weighted by Crippen LogP contribution is 2.56. The van der Waals surface area contributed by atoms with Crippen LogP contribution in [-0.4, -0.2) is 23.0 Å². The van der Waals surface area contributed by atoms with E-state index in [4.69, 9.17) is 0 Å². The highest BCUT2D eigenvalue weighted by Gasteiger charge is 2.46. The van der Waals surface area contributed by atoms with E-state index in [0.29, 0.717) is 6.42 Å². The Labute approximate surface area is 305 Å². The van der Waals surface area contributed by atoms with Crippen LogP contribution in [0.15, 0.2) is 225 Å². The van der Waals surface area contributed by atoms with Gasteiger partial charge < -0.3 is 5.11 Å². The first-order valence-electron chi connectivity index (χ1n) is 17.8. The zero-order valence-corrected chi connectivity index (χ0v) is 30.3. The Morgan fingerprint density at radius 1 is 0.451 bits per heavy atom. The van der Waals surface area contributed by atoms with Crippen LogP contribution in [0.25, 0.3) is 0 Å². The van der Waals surface area contributed by atoms with Gasteiger partial charge >= 0.3 is 0 Å². The SMILES string of the molecule is C=CC(C)(O)CC[P+](c1ccccc1)(c1ccccc1)c1ccccc1.c1ccc([B-](c2ccccc2)(c2ccccc2)c2ccccc2)cc1. The van der Waals surface area contributed by atoms with Gasteiger partial charge in [-0.25, -0.2) is 0 Å². The van der Waals surface area contributed by atoms with E-state index in [9.17, 15) is 5.11 Å². The molecule has 0 saturated heterocycles. The van der Waals surface area contributed by atoms with E-state index < -0.39 is 19.0 Å². The average Bonchev–Trinajstić information content (AvgIpc) is 3.22. The van der Waals surface area contributed by atoms with Crippen molar-refractivity contribution in [2.45, 2.75) is 18.9 Å². The molecular weight excluding hydrogens is 634 g/mol. The summed E-state index contributed by atoms with van der Waals surface area (Å²) in [5.41, 5.74) is 4.48. The molecule has 51 heavy (non-hydrogen) atoms. The number of hydrogen-bond donors (Lipinski definition) is 1. The van der Waals surface area contributed by atoms with Crippen LogP contribution in [-0.2, 0) is 0 Å². The summed E-state index contributed by atoms with van der Waals surface area (Å²) >= 11 is 0. The summed E-state index contributed by atoms with van der Waals surface area (Å²) in [5, 5.41) is 14.7. The summed E-state index contributed by atoms with van der Waals surface area (Å²) < 4.78 is 0. The van der Waals surface area contributed by atoms with Crippen molar-refractivity contribution in [1.29, 1.82) is 0 Å². The van der Waals surface area contributed by atoms with Crippen molar-refractivity contribution in [2.75, 3.05) is 6.16 Å². The second-order valence-corrected chi connectivity index (χ2v) is 17.0. The van der Waals surface area contributed by atoms with Crippen molar-refractivity contribution in [1.82, 2.24) is 0 Å². The molecule has 0 bridgehead atoms. The molecule has 1 N–H and O–H groups in total. The van der Waals surface area contributed by atoms with Crippen molar-refractivity contribution in [2.24, 2.45) is 0 Å². The summed E-state index contributed by atoms with van der Waals surface area (Å²) in [6.45, 7) is 5.66. The van der Waals surface area contributed by atoms with E-state index in [1.165, 1.54) is 37.8 Å². The van der Waals surface area contributed by atoms with Crippen LogP contribution in [0.5, 0.6) is 0 Å². The van der Waals surface area contributed by atoms with E-state index in [0.717, 1.165) is 6.16 Å². The van der Waals surface area contributed by atoms with Gasteiger partial charge in [0.15, 0.2) is 0 Å². The lowest BCUT2D eigenvalue weighted by atomic mass is 9.13. The molecule has 7 rings (SSSR count). The van der Waals surface area contributed by atoms with Gasteiger partial charge in [-0.1, -0.05) is 182 Å². The minimum absolute atomic E-state index is 0.670. The predicted molar refractivity (Wildman–Crippen MR) is 226 cm³/mol. The Morgan fingerprint density at radius 2 is 0.686 bits per heavy atom. The van der Waals surface area contributed by atoms with Crippen molar-refractivity contribution in [3.05, 3.63) is 225 Å². The highest BCUT2D eigenvalue weighted by atomic mass is 31.2. The summed E-state index contributed by atoms with van der Waals surface area (Å²) in [6, 6.07) is 75.8. The van der Waals surface area contributed by atoms with Gasteiger partial charge in [-0.05, 0) is 43.3 Å². The predicted octanol–water partition coefficient (Wildman–Crippen LogP) is 7.37. The minimum Gasteiger partial charge on any atom is -0.386 e. The van der Waals surface area contributed by atoms with Crippen LogP contribution in [0.4, 0.5) is 0 Å². The van der Waals surface area contributed by atoms with Crippen LogP contribution < -0.4 is 37.8 Å². The molecule has 1 atom stereocenters. The maximum Gasteiger partial charge on any atom is 0.112 e. The highest BCUT2D eigenvalue weighted by molar-refractivity contribution is 7.95. The topological polar surface area (TPSA) is 20.2 Å². The van der Waals surface area contributed by atoms with Gasteiger partial charge in [-0.15, -0.1) is 6.58 Å². The third-order valence-electron chi connectivity index (χ3n) is 10.2. The third kappa shape index (κ3) is 7.74. The summed E-state index contributed by atoms with van der Waals surface area (Å²) in [5.74, 6) is 0. The van der Waals surface area contributed by atoms with E-state index in [-0.39, 0.29) is 0 Å². The fraction of sp³-hybridized carbons (Fsp3) is 0.0833. The molecule has 0 radical (unpaired) electrons. The Morgan fingerprint density at radius 3 is 0.922 bits per heavy atom. The molecule has 7 aromatic carbocycles. The molecule has 0 fully saturated rings. The first kappa shape index (κ1) is 35.6. The lowest BCUT2D eigenvalue weighted by Crippen LogP contribution is -2.74. The standard InChI is InChI=1S/C24H20B.C24H26OP/c1-5-13-21(14-6-1)25(22-15-7-2-8-16-22,23-17-9-3-10-18-23)24-19-11-4-12-20-24;1-3-24(2,25)19-20-26(21-13-7-4-8-14-21,22-15-9-5-10-16-22)23-17-11-6-12-18-23/h1-20H;3-18,25H,1,19-20H2,2H3/q-1;+1. The van der Waals surface area contributed by atoms with E-state index in [1.807, 2.05) is 6.92 Å². The van der Waals surface area contributed by atoms with Gasteiger partial charge in [0.1, 0.15) is 29.3 Å². The monoisotopic (exact) mass is 680 g/mol. The van der Waals surface area contributed by atoms with E-state index >= 15 is 0 Å². The Kier molecular flexibility index (Phi) is 11.6. The molecular formula is C48H46BOP. The minimum atomic E-state index is -1.87. The van der Waals surface area contributed by atoms with Gasteiger partial charge in [-0.3, -0.25) is 0 Å². The Balaban J connectivity index is 0.000000176. The molecule has 0 heterocycles. The zero-order valence-electron chi connectivity index (χ0n) is 29.4. The lowest BCUT2D eigenvalue weighted by Gasteiger charge is -2.44. The normalized spacial score (nSPS) is 12.5. The molecule has 0 saturated carbocycles. The quantitative estimate of drug-likeness (QED) is 0.0860. The van der Waals surface area contributed by atoms with Gasteiger partial charge in [0.2, 0.25) is 0 Å². The van der Waals surface area contributed by atoms with Crippen molar-refractivity contribution < 1.29 is 5.11 Å². The lowest BCUT2D eigenvalue weighted by molar-refractivity contribution is 0.109. The van der Waals surface area contributed by atoms with Crippen molar-refractivity contribution >= 4 is 51.2 Å². The van der Waals surface area contributed by atoms with Crippen LogP contribution >= 0.6 is 7.26 Å². The van der Waals surface area contributed by atoms with Gasteiger partial charge in [0.25, 0.3) is 0 Å². The Hall–Kier alpha value is -5.27. The zero-order chi connectivity index (χ0) is 35.4. The molecule has 0 aliphatic heterocycles. The fourth-order valence-corrected chi connectivity index (χ4v) is 12.0. The summed E-state index contributed by atoms with van der Waals surface area (Å²) in [4.78, 5) is 0. The summed E-state index contributed by atoms with van der Waals surface area (Å²) in [7, 11) is -1.87. The Bertz CT molecular complexity index is 1790. The van der Waals surface area contributed by atoms with Gasteiger partial charge in [0.05, 0.1) is 11.8 Å². The number of rotatable bonds is 11. The molecule has 1 nitrogen and oxygen atoms in total. The molecule has 0 aromatic heterocycles. The van der Waals surface area contributed by atoms with Crippen molar-refractivity contribution in [3.63, 3.8) is 0 Å². The molecule has 0 amide bonds. The van der Waals surface area contributed by atoms with Gasteiger partial charge in [0, 0.05) is 6.42 Å². The third-order valence-corrected chi connectivity index (χ3v) is 14.6. The molecule has 252 valence electrons. The first-order valence-corrected chi connectivity index (χ1v) is 19.8. The molecule has 7 aromatic rings. The van der Waals surface area contributed by atoms with Crippen LogP contribution in [0.1, 0.15) is 13.3 Å². The number of hydrogen-bond acceptors (Lipinski definition) is 1. The molecule has 3 heteroatoms. The smallest absolute Gasteiger partial charge is 0.112 e. The fourth-order valence-electron chi connectivity index (χ4n) is 7.50. The number of aliphatic hydroxyl groups is 1.